The van der Waals surface area contributed by atoms with Crippen molar-refractivity contribution in [2.45, 2.75) is 78.2 Å². The first-order valence-corrected chi connectivity index (χ1v) is 9.86. The van der Waals surface area contributed by atoms with Gasteiger partial charge in [0.15, 0.2) is 0 Å². The lowest BCUT2D eigenvalue weighted by Gasteiger charge is -2.43. The van der Waals surface area contributed by atoms with E-state index in [1.54, 1.807) is 6.92 Å². The number of Topliss-reactive ketones (excluding diaryl/α,β-unsaturated/α-hetero) is 1. The molecular weight excluding hydrogens is 306 g/mol. The number of allylic oxidation sites excluding steroid dienone is 1. The van der Waals surface area contributed by atoms with E-state index in [1.165, 1.54) is 35.1 Å². The monoisotopic (exact) mass is 341 g/mol. The maximum atomic E-state index is 12.8. The first-order valence-electron chi connectivity index (χ1n) is 9.86. The molecule has 1 aliphatic heterocycles. The molecule has 25 heavy (non-hydrogen) atoms. The van der Waals surface area contributed by atoms with E-state index in [0.29, 0.717) is 11.8 Å². The van der Waals surface area contributed by atoms with Gasteiger partial charge in [0.1, 0.15) is 5.78 Å². The number of unbranched alkanes of at least 4 members (excludes halogenated alkanes) is 1. The number of carbonyl (C=O) groups excluding carboxylic acids is 1. The van der Waals surface area contributed by atoms with Crippen molar-refractivity contribution in [3.63, 3.8) is 0 Å². The lowest BCUT2D eigenvalue weighted by atomic mass is 9.68. The molecule has 2 rings (SSSR count). The third-order valence-corrected chi connectivity index (χ3v) is 6.05. The average Bonchev–Trinajstić information content (AvgIpc) is 2.59. The predicted octanol–water partition coefficient (Wildman–Crippen LogP) is 5.53. The highest BCUT2D eigenvalue weighted by Crippen LogP contribution is 2.40. The predicted molar refractivity (Wildman–Crippen MR) is 108 cm³/mol. The van der Waals surface area contributed by atoms with E-state index in [4.69, 9.17) is 0 Å². The average molecular weight is 342 g/mol. The SMILES string of the molecule is C=C(CCCC)c1ccc(C)c(C2(C(C)=O)CCN(C(C)C)CC2)c1. The van der Waals surface area contributed by atoms with Crippen LogP contribution in [0, 0.1) is 6.92 Å². The van der Waals surface area contributed by atoms with Crippen molar-refractivity contribution in [3.8, 4) is 0 Å². The highest BCUT2D eigenvalue weighted by Gasteiger charge is 2.41. The smallest absolute Gasteiger partial charge is 0.140 e. The van der Waals surface area contributed by atoms with Gasteiger partial charge in [-0.05, 0) is 88.7 Å². The molecule has 1 aromatic rings. The molecule has 0 spiro atoms. The summed E-state index contributed by atoms with van der Waals surface area (Å²) >= 11 is 0. The summed E-state index contributed by atoms with van der Waals surface area (Å²) in [6, 6.07) is 7.17. The van der Waals surface area contributed by atoms with Gasteiger partial charge in [-0.1, -0.05) is 38.1 Å². The Hall–Kier alpha value is -1.41. The van der Waals surface area contributed by atoms with E-state index in [9.17, 15) is 4.79 Å². The Balaban J connectivity index is 2.36. The Morgan fingerprint density at radius 1 is 1.28 bits per heavy atom. The van der Waals surface area contributed by atoms with Crippen molar-refractivity contribution in [2.24, 2.45) is 0 Å². The first-order chi connectivity index (χ1) is 11.8. The van der Waals surface area contributed by atoms with Crippen LogP contribution in [-0.4, -0.2) is 29.8 Å². The van der Waals surface area contributed by atoms with Gasteiger partial charge in [-0.25, -0.2) is 0 Å². The topological polar surface area (TPSA) is 20.3 Å². The second-order valence-corrected chi connectivity index (χ2v) is 8.00. The Morgan fingerprint density at radius 3 is 2.44 bits per heavy atom. The fourth-order valence-corrected chi connectivity index (χ4v) is 4.13. The first kappa shape index (κ1) is 19.9. The van der Waals surface area contributed by atoms with Crippen molar-refractivity contribution in [2.75, 3.05) is 13.1 Å². The van der Waals surface area contributed by atoms with Crippen LogP contribution in [0.15, 0.2) is 24.8 Å². The fourth-order valence-electron chi connectivity index (χ4n) is 4.13. The molecule has 1 aromatic carbocycles. The molecule has 0 aromatic heterocycles. The molecular formula is C23H35NO. The van der Waals surface area contributed by atoms with Crippen LogP contribution in [0.2, 0.25) is 0 Å². The van der Waals surface area contributed by atoms with Crippen molar-refractivity contribution >= 4 is 11.4 Å². The van der Waals surface area contributed by atoms with Gasteiger partial charge in [0, 0.05) is 6.04 Å². The van der Waals surface area contributed by atoms with Crippen LogP contribution in [0.1, 0.15) is 76.5 Å². The van der Waals surface area contributed by atoms with Crippen LogP contribution in [0.4, 0.5) is 0 Å². The highest BCUT2D eigenvalue weighted by molar-refractivity contribution is 5.89. The molecule has 1 saturated heterocycles. The lowest BCUT2D eigenvalue weighted by molar-refractivity contribution is -0.124. The number of likely N-dealkylation sites (tertiary alicyclic amines) is 1. The van der Waals surface area contributed by atoms with Gasteiger partial charge in [-0.3, -0.25) is 4.79 Å². The second kappa shape index (κ2) is 8.31. The zero-order valence-electron chi connectivity index (χ0n) is 16.8. The number of aryl methyl sites for hydroxylation is 1. The van der Waals surface area contributed by atoms with Gasteiger partial charge in [0.05, 0.1) is 5.41 Å². The molecule has 0 bridgehead atoms. The molecule has 1 fully saturated rings. The van der Waals surface area contributed by atoms with Gasteiger partial charge < -0.3 is 4.90 Å². The summed E-state index contributed by atoms with van der Waals surface area (Å²) in [6.45, 7) is 16.9. The molecule has 0 aliphatic carbocycles. The van der Waals surface area contributed by atoms with Crippen LogP contribution in [0.3, 0.4) is 0 Å². The summed E-state index contributed by atoms with van der Waals surface area (Å²) in [5.41, 5.74) is 4.55. The summed E-state index contributed by atoms with van der Waals surface area (Å²) in [6.07, 6.45) is 5.23. The number of benzene rings is 1. The highest BCUT2D eigenvalue weighted by atomic mass is 16.1. The van der Waals surface area contributed by atoms with Gasteiger partial charge in [0.25, 0.3) is 0 Å². The number of ketones is 1. The molecule has 0 radical (unpaired) electrons. The maximum absolute atomic E-state index is 12.8. The molecule has 0 saturated carbocycles. The van der Waals surface area contributed by atoms with Crippen molar-refractivity contribution in [1.29, 1.82) is 0 Å². The quantitative estimate of drug-likeness (QED) is 0.650. The van der Waals surface area contributed by atoms with Crippen molar-refractivity contribution < 1.29 is 4.79 Å². The molecule has 0 unspecified atom stereocenters. The molecule has 2 nitrogen and oxygen atoms in total. The Morgan fingerprint density at radius 2 is 1.92 bits per heavy atom. The molecule has 0 atom stereocenters. The minimum atomic E-state index is -0.323. The summed E-state index contributed by atoms with van der Waals surface area (Å²) < 4.78 is 0. The molecule has 0 amide bonds. The van der Waals surface area contributed by atoms with E-state index in [1.807, 2.05) is 0 Å². The number of hydrogen-bond acceptors (Lipinski definition) is 2. The van der Waals surface area contributed by atoms with Crippen LogP contribution < -0.4 is 0 Å². The molecule has 1 heterocycles. The van der Waals surface area contributed by atoms with E-state index < -0.39 is 0 Å². The summed E-state index contributed by atoms with van der Waals surface area (Å²) in [4.78, 5) is 15.2. The minimum absolute atomic E-state index is 0.315. The third kappa shape index (κ3) is 4.23. The summed E-state index contributed by atoms with van der Waals surface area (Å²) in [7, 11) is 0. The van der Waals surface area contributed by atoms with Crippen LogP contribution in [0.5, 0.6) is 0 Å². The third-order valence-electron chi connectivity index (χ3n) is 6.05. The molecule has 2 heteroatoms. The second-order valence-electron chi connectivity index (χ2n) is 8.00. The van der Waals surface area contributed by atoms with Crippen LogP contribution >= 0.6 is 0 Å². The van der Waals surface area contributed by atoms with Crippen LogP contribution in [0.25, 0.3) is 5.57 Å². The maximum Gasteiger partial charge on any atom is 0.140 e. The number of piperidine rings is 1. The molecule has 138 valence electrons. The number of rotatable bonds is 7. The zero-order valence-corrected chi connectivity index (χ0v) is 16.8. The van der Waals surface area contributed by atoms with Crippen molar-refractivity contribution in [3.05, 3.63) is 41.5 Å². The molecule has 0 N–H and O–H groups in total. The summed E-state index contributed by atoms with van der Waals surface area (Å²) in [5.74, 6) is 0.315. The van der Waals surface area contributed by atoms with E-state index in [2.05, 4.69) is 57.4 Å². The largest absolute Gasteiger partial charge is 0.301 e. The zero-order chi connectivity index (χ0) is 18.6. The van der Waals surface area contributed by atoms with Gasteiger partial charge in [0.2, 0.25) is 0 Å². The van der Waals surface area contributed by atoms with E-state index in [-0.39, 0.29) is 5.41 Å². The van der Waals surface area contributed by atoms with E-state index >= 15 is 0 Å². The molecule has 1 aliphatic rings. The number of carbonyl (C=O) groups is 1. The summed E-state index contributed by atoms with van der Waals surface area (Å²) in [5, 5.41) is 0. The Labute approximate surface area is 154 Å². The van der Waals surface area contributed by atoms with Gasteiger partial charge in [-0.15, -0.1) is 0 Å². The van der Waals surface area contributed by atoms with E-state index in [0.717, 1.165) is 32.4 Å². The Bertz CT molecular complexity index is 621. The van der Waals surface area contributed by atoms with Crippen molar-refractivity contribution in [1.82, 2.24) is 4.90 Å². The Kier molecular flexibility index (Phi) is 6.62. The van der Waals surface area contributed by atoms with Gasteiger partial charge in [-0.2, -0.15) is 0 Å². The van der Waals surface area contributed by atoms with Gasteiger partial charge >= 0.3 is 0 Å². The minimum Gasteiger partial charge on any atom is -0.301 e. The normalized spacial score (nSPS) is 17.7. The number of hydrogen-bond donors (Lipinski definition) is 0. The standard InChI is InChI=1S/C23H35NO/c1-7-8-9-18(4)21-11-10-19(5)22(16-21)23(20(6)25)12-14-24(15-13-23)17(2)3/h10-11,16-17H,4,7-9,12-15H2,1-3,5-6H3. The fraction of sp³-hybridized carbons (Fsp3) is 0.609. The van der Waals surface area contributed by atoms with Crippen LogP contribution in [-0.2, 0) is 10.2 Å². The lowest BCUT2D eigenvalue weighted by Crippen LogP contribution is -2.48. The number of nitrogens with zero attached hydrogens (tertiary/aromatic N) is 1.